The third-order valence-electron chi connectivity index (χ3n) is 5.14. The zero-order valence-corrected chi connectivity index (χ0v) is 13.1. The fourth-order valence-corrected chi connectivity index (χ4v) is 3.12. The lowest BCUT2D eigenvalue weighted by molar-refractivity contribution is 0.0192. The van der Waals surface area contributed by atoms with Gasteiger partial charge in [-0.05, 0) is 42.4 Å². The molecule has 0 heterocycles. The van der Waals surface area contributed by atoms with E-state index in [1.165, 1.54) is 25.7 Å². The van der Waals surface area contributed by atoms with E-state index in [1.54, 1.807) is 0 Å². The highest BCUT2D eigenvalue weighted by atomic mass is 32.1. The Kier molecular flexibility index (Phi) is 4.99. The summed E-state index contributed by atoms with van der Waals surface area (Å²) in [6.45, 7) is 11.1. The largest absolute Gasteiger partial charge is 0.379 e. The Hall–Kier alpha value is 0.310. The first-order valence-corrected chi connectivity index (χ1v) is 7.57. The average Bonchev–Trinajstić information content (AvgIpc) is 2.22. The summed E-state index contributed by atoms with van der Waals surface area (Å²) >= 11 is 4.45. The van der Waals surface area contributed by atoms with Crippen molar-refractivity contribution >= 4 is 12.6 Å². The molecule has 0 aliphatic heterocycles. The molecule has 17 heavy (non-hydrogen) atoms. The third-order valence-corrected chi connectivity index (χ3v) is 5.84. The summed E-state index contributed by atoms with van der Waals surface area (Å²) in [6.07, 6.45) is 6.09. The Morgan fingerprint density at radius 1 is 1.29 bits per heavy atom. The Morgan fingerprint density at radius 3 is 2.18 bits per heavy atom. The molecule has 0 aromatic heterocycles. The van der Waals surface area contributed by atoms with Crippen molar-refractivity contribution in [1.82, 2.24) is 0 Å². The molecule has 2 atom stereocenters. The lowest BCUT2D eigenvalue weighted by Crippen LogP contribution is -2.37. The zero-order valence-electron chi connectivity index (χ0n) is 12.2. The Morgan fingerprint density at radius 2 is 1.76 bits per heavy atom. The van der Waals surface area contributed by atoms with E-state index in [4.69, 9.17) is 0 Å². The number of rotatable bonds is 4. The normalized spacial score (nSPS) is 35.6. The average molecular weight is 258 g/mol. The highest BCUT2D eigenvalue weighted by Gasteiger charge is 2.39. The van der Waals surface area contributed by atoms with E-state index in [0.29, 0.717) is 11.3 Å². The fourth-order valence-electron chi connectivity index (χ4n) is 2.85. The zero-order chi connectivity index (χ0) is 13.3. The molecule has 1 N–H and O–H groups in total. The van der Waals surface area contributed by atoms with Gasteiger partial charge in [0.25, 0.3) is 0 Å². The maximum Gasteiger partial charge on any atom is 0.110 e. The molecule has 1 aliphatic carbocycles. The monoisotopic (exact) mass is 258 g/mol. The van der Waals surface area contributed by atoms with Crippen molar-refractivity contribution < 1.29 is 5.11 Å². The van der Waals surface area contributed by atoms with Gasteiger partial charge < -0.3 is 5.11 Å². The molecule has 2 unspecified atom stereocenters. The molecule has 0 saturated heterocycles. The van der Waals surface area contributed by atoms with Gasteiger partial charge in [-0.25, -0.2) is 0 Å². The van der Waals surface area contributed by atoms with E-state index in [-0.39, 0.29) is 5.92 Å². The smallest absolute Gasteiger partial charge is 0.110 e. The van der Waals surface area contributed by atoms with Crippen LogP contribution in [0, 0.1) is 23.2 Å². The van der Waals surface area contributed by atoms with Gasteiger partial charge in [0.15, 0.2) is 0 Å². The van der Waals surface area contributed by atoms with Crippen LogP contribution in [0.2, 0.25) is 0 Å². The minimum absolute atomic E-state index is 0.208. The Labute approximate surface area is 113 Å². The van der Waals surface area contributed by atoms with Crippen molar-refractivity contribution in [3.8, 4) is 0 Å². The number of hydrogen-bond acceptors (Lipinski definition) is 2. The van der Waals surface area contributed by atoms with Crippen LogP contribution in [-0.2, 0) is 0 Å². The molecule has 0 aromatic rings. The second-order valence-electron chi connectivity index (χ2n) is 6.97. The van der Waals surface area contributed by atoms with Crippen LogP contribution < -0.4 is 0 Å². The summed E-state index contributed by atoms with van der Waals surface area (Å²) in [5, 5.41) is 10.3. The number of aliphatic hydroxyl groups is 1. The van der Waals surface area contributed by atoms with Crippen LogP contribution in [0.15, 0.2) is 0 Å². The van der Waals surface area contributed by atoms with Crippen LogP contribution in [0.5, 0.6) is 0 Å². The van der Waals surface area contributed by atoms with E-state index in [2.05, 4.69) is 33.4 Å². The summed E-state index contributed by atoms with van der Waals surface area (Å²) in [7, 11) is 0. The highest BCUT2D eigenvalue weighted by Crippen LogP contribution is 2.47. The maximum atomic E-state index is 10.3. The van der Waals surface area contributed by atoms with Gasteiger partial charge in [0.2, 0.25) is 0 Å². The molecule has 1 nitrogen and oxygen atoms in total. The molecule has 1 rings (SSSR count). The second-order valence-corrected chi connectivity index (χ2v) is 7.75. The molecule has 0 radical (unpaired) electrons. The molecule has 0 bridgehead atoms. The minimum Gasteiger partial charge on any atom is -0.379 e. The number of hydrogen-bond donors (Lipinski definition) is 2. The van der Waals surface area contributed by atoms with Gasteiger partial charge in [-0.1, -0.05) is 47.5 Å². The summed E-state index contributed by atoms with van der Waals surface area (Å²) < 4.78 is 0. The summed E-state index contributed by atoms with van der Waals surface area (Å²) in [4.78, 5) is -0.814. The molecule has 0 aromatic carbocycles. The Bertz CT molecular complexity index is 239. The maximum absolute atomic E-state index is 10.3. The van der Waals surface area contributed by atoms with Gasteiger partial charge in [-0.3, -0.25) is 0 Å². The summed E-state index contributed by atoms with van der Waals surface area (Å²) in [5.41, 5.74) is 0.401. The van der Waals surface area contributed by atoms with Crippen LogP contribution in [-0.4, -0.2) is 10.0 Å². The van der Waals surface area contributed by atoms with Crippen LogP contribution in [0.25, 0.3) is 0 Å². The van der Waals surface area contributed by atoms with Gasteiger partial charge in [-0.2, -0.15) is 0 Å². The lowest BCUT2D eigenvalue weighted by Gasteiger charge is -2.44. The molecule has 2 heteroatoms. The van der Waals surface area contributed by atoms with Crippen molar-refractivity contribution in [2.45, 2.75) is 71.7 Å². The van der Waals surface area contributed by atoms with Crippen molar-refractivity contribution in [3.05, 3.63) is 0 Å². The topological polar surface area (TPSA) is 20.2 Å². The second kappa shape index (κ2) is 5.52. The lowest BCUT2D eigenvalue weighted by atomic mass is 9.64. The molecule has 1 fully saturated rings. The molecule has 0 amide bonds. The highest BCUT2D eigenvalue weighted by molar-refractivity contribution is 7.81. The summed E-state index contributed by atoms with van der Waals surface area (Å²) in [6, 6.07) is 0. The molecule has 102 valence electrons. The van der Waals surface area contributed by atoms with Gasteiger partial charge >= 0.3 is 0 Å². The van der Waals surface area contributed by atoms with E-state index in [9.17, 15) is 5.11 Å². The Balaban J connectivity index is 2.60. The van der Waals surface area contributed by atoms with Crippen molar-refractivity contribution in [1.29, 1.82) is 0 Å². The standard InChI is InChI=1S/C15H30OS/c1-11(2)15(16,17)10-13(4)14(5)8-6-12(3)7-9-14/h11-13,16-17H,6-10H2,1-5H3. The van der Waals surface area contributed by atoms with Crippen molar-refractivity contribution in [3.63, 3.8) is 0 Å². The first-order chi connectivity index (χ1) is 7.67. The predicted octanol–water partition coefficient (Wildman–Crippen LogP) is 4.50. The van der Waals surface area contributed by atoms with Gasteiger partial charge in [0, 0.05) is 0 Å². The number of thiol groups is 1. The molecule has 1 saturated carbocycles. The third kappa shape index (κ3) is 3.89. The molecule has 0 spiro atoms. The van der Waals surface area contributed by atoms with Crippen LogP contribution >= 0.6 is 12.6 Å². The van der Waals surface area contributed by atoms with E-state index in [1.807, 2.05) is 13.8 Å². The predicted molar refractivity (Wildman–Crippen MR) is 78.3 cm³/mol. The summed E-state index contributed by atoms with van der Waals surface area (Å²) in [5.74, 6) is 1.63. The first kappa shape index (κ1) is 15.4. The van der Waals surface area contributed by atoms with Crippen LogP contribution in [0.4, 0.5) is 0 Å². The van der Waals surface area contributed by atoms with Gasteiger partial charge in [-0.15, -0.1) is 12.6 Å². The quantitative estimate of drug-likeness (QED) is 0.562. The van der Waals surface area contributed by atoms with Gasteiger partial charge in [0.05, 0.1) is 0 Å². The molecule has 1 aliphatic rings. The molecular formula is C15H30OS. The minimum atomic E-state index is -0.814. The van der Waals surface area contributed by atoms with Crippen molar-refractivity contribution in [2.75, 3.05) is 0 Å². The van der Waals surface area contributed by atoms with Crippen molar-refractivity contribution in [2.24, 2.45) is 23.2 Å². The van der Waals surface area contributed by atoms with E-state index >= 15 is 0 Å². The van der Waals surface area contributed by atoms with Crippen LogP contribution in [0.1, 0.15) is 66.7 Å². The van der Waals surface area contributed by atoms with E-state index < -0.39 is 4.93 Å². The first-order valence-electron chi connectivity index (χ1n) is 7.12. The fraction of sp³-hybridized carbons (Fsp3) is 1.00. The van der Waals surface area contributed by atoms with Crippen LogP contribution in [0.3, 0.4) is 0 Å². The van der Waals surface area contributed by atoms with Gasteiger partial charge in [0.1, 0.15) is 4.93 Å². The van der Waals surface area contributed by atoms with E-state index in [0.717, 1.165) is 12.3 Å². The SMILES string of the molecule is CC1CCC(C)(C(C)CC(O)(S)C(C)C)CC1. The molecular weight excluding hydrogens is 228 g/mol.